The van der Waals surface area contributed by atoms with E-state index >= 15 is 0 Å². The molecule has 2 rings (SSSR count). The molecule has 20 heavy (non-hydrogen) atoms. The summed E-state index contributed by atoms with van der Waals surface area (Å²) in [5.41, 5.74) is 1.52. The Morgan fingerprint density at radius 3 is 2.50 bits per heavy atom. The van der Waals surface area contributed by atoms with E-state index in [1.54, 1.807) is 19.2 Å². The second-order valence-electron chi connectivity index (χ2n) is 4.18. The van der Waals surface area contributed by atoms with Gasteiger partial charge in [-0.3, -0.25) is 4.79 Å². The van der Waals surface area contributed by atoms with Crippen LogP contribution in [0.15, 0.2) is 12.1 Å². The van der Waals surface area contributed by atoms with Crippen LogP contribution in [0.2, 0.25) is 5.02 Å². The standard InChI is InChI=1S/C14H14ClNO3S/c1-7-13(8(2)17)20-14(16-7)9-5-10(15)12(19-4)11(6-9)18-3/h5-6H,1-4H3. The Kier molecular flexibility index (Phi) is 4.30. The van der Waals surface area contributed by atoms with Crippen molar-refractivity contribution < 1.29 is 14.3 Å². The van der Waals surface area contributed by atoms with Crippen LogP contribution in [0.4, 0.5) is 0 Å². The summed E-state index contributed by atoms with van der Waals surface area (Å²) in [4.78, 5) is 16.6. The van der Waals surface area contributed by atoms with E-state index in [-0.39, 0.29) is 5.78 Å². The first-order chi connectivity index (χ1) is 9.47. The molecule has 0 saturated heterocycles. The minimum atomic E-state index is 0.0119. The molecule has 0 atom stereocenters. The number of ether oxygens (including phenoxy) is 2. The lowest BCUT2D eigenvalue weighted by molar-refractivity contribution is 0.102. The summed E-state index contributed by atoms with van der Waals surface area (Å²) in [6, 6.07) is 3.55. The van der Waals surface area contributed by atoms with Gasteiger partial charge < -0.3 is 9.47 Å². The average Bonchev–Trinajstić information content (AvgIpc) is 2.80. The zero-order valence-corrected chi connectivity index (χ0v) is 13.2. The van der Waals surface area contributed by atoms with Crippen molar-refractivity contribution in [2.75, 3.05) is 14.2 Å². The number of Topliss-reactive ketones (excluding diaryl/α,β-unsaturated/α-hetero) is 1. The molecule has 0 unspecified atom stereocenters. The molecule has 0 aliphatic rings. The lowest BCUT2D eigenvalue weighted by Crippen LogP contribution is -1.92. The van der Waals surface area contributed by atoms with Crippen molar-refractivity contribution in [3.05, 3.63) is 27.7 Å². The van der Waals surface area contributed by atoms with Gasteiger partial charge in [0.25, 0.3) is 0 Å². The third-order valence-electron chi connectivity index (χ3n) is 2.80. The molecule has 1 aromatic carbocycles. The molecule has 0 radical (unpaired) electrons. The van der Waals surface area contributed by atoms with Crippen molar-refractivity contribution in [3.63, 3.8) is 0 Å². The van der Waals surface area contributed by atoms with Crippen molar-refractivity contribution in [3.8, 4) is 22.1 Å². The van der Waals surface area contributed by atoms with Gasteiger partial charge in [0, 0.05) is 12.5 Å². The van der Waals surface area contributed by atoms with E-state index in [1.165, 1.54) is 25.4 Å². The second kappa shape index (κ2) is 5.81. The third kappa shape index (κ3) is 2.64. The summed E-state index contributed by atoms with van der Waals surface area (Å²) in [6.07, 6.45) is 0. The fourth-order valence-electron chi connectivity index (χ4n) is 1.89. The Balaban J connectivity index is 2.56. The smallest absolute Gasteiger partial charge is 0.179 e. The molecule has 0 saturated carbocycles. The number of aromatic nitrogens is 1. The number of ketones is 1. The van der Waals surface area contributed by atoms with Gasteiger partial charge in [-0.05, 0) is 19.1 Å². The Morgan fingerprint density at radius 2 is 2.00 bits per heavy atom. The van der Waals surface area contributed by atoms with Crippen LogP contribution in [0.3, 0.4) is 0 Å². The Bertz CT molecular complexity index is 667. The number of halogens is 1. The average molecular weight is 312 g/mol. The molecule has 4 nitrogen and oxygen atoms in total. The van der Waals surface area contributed by atoms with Crippen molar-refractivity contribution in [2.24, 2.45) is 0 Å². The maximum atomic E-state index is 11.5. The molecule has 1 heterocycles. The van der Waals surface area contributed by atoms with Crippen molar-refractivity contribution in [2.45, 2.75) is 13.8 Å². The summed E-state index contributed by atoms with van der Waals surface area (Å²) in [7, 11) is 3.08. The summed E-state index contributed by atoms with van der Waals surface area (Å²) < 4.78 is 10.5. The summed E-state index contributed by atoms with van der Waals surface area (Å²) in [5, 5.41) is 1.18. The first-order valence-electron chi connectivity index (χ1n) is 5.88. The van der Waals surface area contributed by atoms with Gasteiger partial charge in [0.15, 0.2) is 17.3 Å². The Labute approximate surface area is 126 Å². The second-order valence-corrected chi connectivity index (χ2v) is 5.59. The topological polar surface area (TPSA) is 48.4 Å². The molecule has 0 bridgehead atoms. The predicted octanol–water partition coefficient (Wildman–Crippen LogP) is 3.99. The van der Waals surface area contributed by atoms with E-state index < -0.39 is 0 Å². The van der Waals surface area contributed by atoms with Crippen LogP contribution in [0.25, 0.3) is 10.6 Å². The number of carbonyl (C=O) groups excluding carboxylic acids is 1. The van der Waals surface area contributed by atoms with Crippen molar-refractivity contribution in [1.82, 2.24) is 4.98 Å². The number of methoxy groups -OCH3 is 2. The predicted molar refractivity (Wildman–Crippen MR) is 80.4 cm³/mol. The SMILES string of the molecule is COc1cc(-c2nc(C)c(C(C)=O)s2)cc(Cl)c1OC. The van der Waals surface area contributed by atoms with Crippen LogP contribution in [-0.2, 0) is 0 Å². The number of benzene rings is 1. The molecule has 0 aliphatic heterocycles. The molecular formula is C14H14ClNO3S. The highest BCUT2D eigenvalue weighted by Gasteiger charge is 2.17. The van der Waals surface area contributed by atoms with Crippen LogP contribution in [0.5, 0.6) is 11.5 Å². The number of thiazole rings is 1. The highest BCUT2D eigenvalue weighted by Crippen LogP contribution is 2.40. The van der Waals surface area contributed by atoms with E-state index in [4.69, 9.17) is 21.1 Å². The van der Waals surface area contributed by atoms with E-state index in [9.17, 15) is 4.79 Å². The van der Waals surface area contributed by atoms with Gasteiger partial charge in [-0.2, -0.15) is 0 Å². The zero-order valence-electron chi connectivity index (χ0n) is 11.6. The molecule has 0 fully saturated rings. The van der Waals surface area contributed by atoms with Crippen LogP contribution >= 0.6 is 22.9 Å². The van der Waals surface area contributed by atoms with Crippen LogP contribution in [0, 0.1) is 6.92 Å². The Hall–Kier alpha value is -1.59. The molecule has 2 aromatic rings. The largest absolute Gasteiger partial charge is 0.493 e. The monoisotopic (exact) mass is 311 g/mol. The van der Waals surface area contributed by atoms with E-state index in [0.29, 0.717) is 21.4 Å². The van der Waals surface area contributed by atoms with E-state index in [1.807, 2.05) is 6.92 Å². The fraction of sp³-hybridized carbons (Fsp3) is 0.286. The summed E-state index contributed by atoms with van der Waals surface area (Å²) in [6.45, 7) is 3.35. The minimum absolute atomic E-state index is 0.0119. The van der Waals surface area contributed by atoms with Gasteiger partial charge in [0.05, 0.1) is 29.8 Å². The highest BCUT2D eigenvalue weighted by atomic mass is 35.5. The third-order valence-corrected chi connectivity index (χ3v) is 4.38. The lowest BCUT2D eigenvalue weighted by atomic mass is 10.2. The van der Waals surface area contributed by atoms with Crippen LogP contribution < -0.4 is 9.47 Å². The van der Waals surface area contributed by atoms with Crippen LogP contribution in [-0.4, -0.2) is 25.0 Å². The maximum absolute atomic E-state index is 11.5. The number of carbonyl (C=O) groups is 1. The molecule has 0 N–H and O–H groups in total. The number of hydrogen-bond acceptors (Lipinski definition) is 5. The van der Waals surface area contributed by atoms with E-state index in [0.717, 1.165) is 16.3 Å². The maximum Gasteiger partial charge on any atom is 0.179 e. The zero-order chi connectivity index (χ0) is 14.9. The quantitative estimate of drug-likeness (QED) is 0.801. The summed E-state index contributed by atoms with van der Waals surface area (Å²) in [5.74, 6) is 1.03. The number of hydrogen-bond donors (Lipinski definition) is 0. The number of nitrogens with zero attached hydrogens (tertiary/aromatic N) is 1. The molecular weight excluding hydrogens is 298 g/mol. The first kappa shape index (κ1) is 14.8. The van der Waals surface area contributed by atoms with Crippen LogP contribution in [0.1, 0.15) is 22.3 Å². The summed E-state index contributed by atoms with van der Waals surface area (Å²) >= 11 is 7.52. The molecule has 0 amide bonds. The fourth-order valence-corrected chi connectivity index (χ4v) is 3.12. The van der Waals surface area contributed by atoms with Gasteiger partial charge >= 0.3 is 0 Å². The van der Waals surface area contributed by atoms with Crippen molar-refractivity contribution >= 4 is 28.7 Å². The molecule has 0 aliphatic carbocycles. The van der Waals surface area contributed by atoms with E-state index in [2.05, 4.69) is 4.98 Å². The van der Waals surface area contributed by atoms with Gasteiger partial charge in [0.1, 0.15) is 5.01 Å². The minimum Gasteiger partial charge on any atom is -0.493 e. The molecule has 1 aromatic heterocycles. The molecule has 106 valence electrons. The number of aryl methyl sites for hydroxylation is 1. The normalized spacial score (nSPS) is 10.4. The first-order valence-corrected chi connectivity index (χ1v) is 7.07. The van der Waals surface area contributed by atoms with Gasteiger partial charge in [0.2, 0.25) is 0 Å². The van der Waals surface area contributed by atoms with Gasteiger partial charge in [-0.1, -0.05) is 11.6 Å². The number of rotatable bonds is 4. The molecule has 0 spiro atoms. The molecule has 6 heteroatoms. The Morgan fingerprint density at radius 1 is 1.30 bits per heavy atom. The lowest BCUT2D eigenvalue weighted by Gasteiger charge is -2.10. The van der Waals surface area contributed by atoms with Crippen molar-refractivity contribution in [1.29, 1.82) is 0 Å². The van der Waals surface area contributed by atoms with Gasteiger partial charge in [-0.25, -0.2) is 4.98 Å². The highest BCUT2D eigenvalue weighted by molar-refractivity contribution is 7.17. The van der Waals surface area contributed by atoms with Gasteiger partial charge in [-0.15, -0.1) is 11.3 Å².